The molecule has 2 N–H and O–H groups in total. The second-order valence-electron chi connectivity index (χ2n) is 7.22. The van der Waals surface area contributed by atoms with Gasteiger partial charge in [0.25, 0.3) is 0 Å². The van der Waals surface area contributed by atoms with Gasteiger partial charge in [0.15, 0.2) is 0 Å². The number of carboxylic acid groups (broad SMARTS) is 1. The van der Waals surface area contributed by atoms with Crippen LogP contribution in [0.15, 0.2) is 0 Å². The quantitative estimate of drug-likeness (QED) is 0.833. The van der Waals surface area contributed by atoms with Crippen LogP contribution in [0.4, 0.5) is 0 Å². The minimum atomic E-state index is -0.810. The monoisotopic (exact) mass is 297 g/mol. The highest BCUT2D eigenvalue weighted by atomic mass is 16.4. The number of amides is 1. The van der Waals surface area contributed by atoms with E-state index in [0.29, 0.717) is 19.5 Å². The third-order valence-corrected chi connectivity index (χ3v) is 4.99. The van der Waals surface area contributed by atoms with Crippen LogP contribution < -0.4 is 0 Å². The molecule has 2 fully saturated rings. The first-order valence-electron chi connectivity index (χ1n) is 8.04. The summed E-state index contributed by atoms with van der Waals surface area (Å²) >= 11 is 0. The lowest BCUT2D eigenvalue weighted by molar-refractivity contribution is -0.145. The summed E-state index contributed by atoms with van der Waals surface area (Å²) in [6.07, 6.45) is 6.75. The second-order valence-corrected chi connectivity index (χ2v) is 7.22. The molecule has 0 radical (unpaired) electrons. The van der Waals surface area contributed by atoms with Crippen molar-refractivity contribution in [3.05, 3.63) is 0 Å². The Hall–Kier alpha value is -1.10. The summed E-state index contributed by atoms with van der Waals surface area (Å²) in [4.78, 5) is 25.5. The Balaban J connectivity index is 2.02. The number of carbonyl (C=O) groups is 2. The van der Waals surface area contributed by atoms with E-state index in [1.54, 1.807) is 11.8 Å². The lowest BCUT2D eigenvalue weighted by Gasteiger charge is -2.41. The van der Waals surface area contributed by atoms with Crippen molar-refractivity contribution in [2.24, 2.45) is 5.41 Å². The molecule has 1 saturated carbocycles. The number of nitrogens with zero attached hydrogens (tertiary/aromatic N) is 1. The highest BCUT2D eigenvalue weighted by molar-refractivity contribution is 5.78. The van der Waals surface area contributed by atoms with Crippen LogP contribution in [-0.2, 0) is 9.59 Å². The molecule has 2 aliphatic rings. The van der Waals surface area contributed by atoms with Crippen molar-refractivity contribution in [1.29, 1.82) is 0 Å². The predicted molar refractivity (Wildman–Crippen MR) is 78.8 cm³/mol. The zero-order chi connectivity index (χ0) is 15.5. The Morgan fingerprint density at radius 1 is 1.05 bits per heavy atom. The summed E-state index contributed by atoms with van der Waals surface area (Å²) in [6.45, 7) is 2.81. The summed E-state index contributed by atoms with van der Waals surface area (Å²) in [5, 5.41) is 19.3. The lowest BCUT2D eigenvalue weighted by Crippen LogP contribution is -2.49. The lowest BCUT2D eigenvalue weighted by atomic mass is 9.69. The number of piperidine rings is 1. The van der Waals surface area contributed by atoms with E-state index in [4.69, 9.17) is 0 Å². The van der Waals surface area contributed by atoms with Crippen molar-refractivity contribution in [2.75, 3.05) is 13.1 Å². The van der Waals surface area contributed by atoms with E-state index < -0.39 is 11.6 Å². The number of aliphatic hydroxyl groups is 1. The average Bonchev–Trinajstić information content (AvgIpc) is 2.37. The van der Waals surface area contributed by atoms with Gasteiger partial charge >= 0.3 is 5.97 Å². The maximum absolute atomic E-state index is 12.6. The van der Waals surface area contributed by atoms with E-state index in [1.807, 2.05) is 0 Å². The number of carbonyl (C=O) groups excluding carboxylic acids is 1. The fourth-order valence-electron chi connectivity index (χ4n) is 3.90. The normalized spacial score (nSPS) is 29.1. The Kier molecular flexibility index (Phi) is 4.91. The highest BCUT2D eigenvalue weighted by Crippen LogP contribution is 2.43. The van der Waals surface area contributed by atoms with E-state index in [2.05, 4.69) is 0 Å². The van der Waals surface area contributed by atoms with Gasteiger partial charge in [-0.3, -0.25) is 9.59 Å². The molecule has 0 spiro atoms. The molecular weight excluding hydrogens is 270 g/mol. The number of rotatable bonds is 4. The Morgan fingerprint density at radius 2 is 1.71 bits per heavy atom. The Morgan fingerprint density at radius 3 is 2.29 bits per heavy atom. The van der Waals surface area contributed by atoms with Gasteiger partial charge in [-0.05, 0) is 38.0 Å². The third-order valence-electron chi connectivity index (χ3n) is 4.99. The van der Waals surface area contributed by atoms with E-state index >= 15 is 0 Å². The van der Waals surface area contributed by atoms with Crippen LogP contribution in [0, 0.1) is 5.41 Å². The number of aliphatic carboxylic acids is 1. The molecular formula is C16H27NO4. The van der Waals surface area contributed by atoms with Crippen LogP contribution in [0.3, 0.4) is 0 Å². The number of hydrogen-bond donors (Lipinski definition) is 2. The molecule has 0 aromatic heterocycles. The standard InChI is InChI=1S/C16H27NO4/c1-15(21)6-5-9-17(12-15)13(18)10-16(11-14(19)20)7-3-2-4-8-16/h21H,2-12H2,1H3,(H,19,20). The molecule has 0 aromatic rings. The van der Waals surface area contributed by atoms with Gasteiger partial charge in [0, 0.05) is 19.5 Å². The Bertz CT molecular complexity index is 399. The molecule has 1 saturated heterocycles. The van der Waals surface area contributed by atoms with E-state index in [1.165, 1.54) is 0 Å². The van der Waals surface area contributed by atoms with Gasteiger partial charge in [-0.2, -0.15) is 0 Å². The van der Waals surface area contributed by atoms with E-state index in [0.717, 1.165) is 44.9 Å². The third kappa shape index (κ3) is 4.43. The van der Waals surface area contributed by atoms with Crippen molar-refractivity contribution >= 4 is 11.9 Å². The molecule has 5 heteroatoms. The van der Waals surface area contributed by atoms with Crippen LogP contribution in [0.2, 0.25) is 0 Å². The maximum atomic E-state index is 12.6. The first-order chi connectivity index (χ1) is 9.82. The topological polar surface area (TPSA) is 77.8 Å². The molecule has 1 unspecified atom stereocenters. The van der Waals surface area contributed by atoms with Crippen LogP contribution >= 0.6 is 0 Å². The van der Waals surface area contributed by atoms with Crippen molar-refractivity contribution in [3.8, 4) is 0 Å². The van der Waals surface area contributed by atoms with Crippen LogP contribution in [-0.4, -0.2) is 45.7 Å². The van der Waals surface area contributed by atoms with Crippen LogP contribution in [0.5, 0.6) is 0 Å². The summed E-state index contributed by atoms with van der Waals surface area (Å²) in [7, 11) is 0. The van der Waals surface area contributed by atoms with E-state index in [9.17, 15) is 19.8 Å². The van der Waals surface area contributed by atoms with Gasteiger partial charge in [-0.15, -0.1) is 0 Å². The van der Waals surface area contributed by atoms with Crippen molar-refractivity contribution in [1.82, 2.24) is 4.90 Å². The SMILES string of the molecule is CC1(O)CCCN(C(=O)CC2(CC(=O)O)CCCCC2)C1. The second kappa shape index (κ2) is 6.34. The number of β-amino-alcohol motifs (C(OH)–C–C–N with tert-alkyl or cyclic N) is 1. The number of hydrogen-bond acceptors (Lipinski definition) is 3. The molecule has 0 aromatic carbocycles. The predicted octanol–water partition coefficient (Wildman–Crippen LogP) is 2.18. The van der Waals surface area contributed by atoms with Crippen molar-refractivity contribution in [2.45, 2.75) is 70.3 Å². The van der Waals surface area contributed by atoms with Gasteiger partial charge in [0.1, 0.15) is 0 Å². The minimum Gasteiger partial charge on any atom is -0.481 e. The van der Waals surface area contributed by atoms with Gasteiger partial charge < -0.3 is 15.1 Å². The average molecular weight is 297 g/mol. The van der Waals surface area contributed by atoms with Crippen LogP contribution in [0.1, 0.15) is 64.7 Å². The molecule has 2 rings (SSSR count). The van der Waals surface area contributed by atoms with Crippen LogP contribution in [0.25, 0.3) is 0 Å². The van der Waals surface area contributed by atoms with Gasteiger partial charge in [0.2, 0.25) is 5.91 Å². The summed E-state index contributed by atoms with van der Waals surface area (Å²) < 4.78 is 0. The fourth-order valence-corrected chi connectivity index (χ4v) is 3.90. The molecule has 21 heavy (non-hydrogen) atoms. The molecule has 1 aliphatic carbocycles. The van der Waals surface area contributed by atoms with Crippen molar-refractivity contribution in [3.63, 3.8) is 0 Å². The van der Waals surface area contributed by atoms with Crippen molar-refractivity contribution < 1.29 is 19.8 Å². The minimum absolute atomic E-state index is 0.0122. The number of carboxylic acids is 1. The molecule has 1 heterocycles. The van der Waals surface area contributed by atoms with E-state index in [-0.39, 0.29) is 17.7 Å². The summed E-state index contributed by atoms with van der Waals surface area (Å²) in [6, 6.07) is 0. The fraction of sp³-hybridized carbons (Fsp3) is 0.875. The molecule has 1 atom stereocenters. The molecule has 120 valence electrons. The smallest absolute Gasteiger partial charge is 0.303 e. The van der Waals surface area contributed by atoms with Gasteiger partial charge in [-0.1, -0.05) is 19.3 Å². The highest BCUT2D eigenvalue weighted by Gasteiger charge is 2.39. The number of likely N-dealkylation sites (tertiary alicyclic amines) is 1. The Labute approximate surface area is 126 Å². The largest absolute Gasteiger partial charge is 0.481 e. The molecule has 1 amide bonds. The molecule has 5 nitrogen and oxygen atoms in total. The van der Waals surface area contributed by atoms with Gasteiger partial charge in [0.05, 0.1) is 12.0 Å². The first kappa shape index (κ1) is 16.3. The van der Waals surface area contributed by atoms with Gasteiger partial charge in [-0.25, -0.2) is 0 Å². The molecule has 1 aliphatic heterocycles. The maximum Gasteiger partial charge on any atom is 0.303 e. The zero-order valence-corrected chi connectivity index (χ0v) is 12.9. The first-order valence-corrected chi connectivity index (χ1v) is 8.04. The summed E-state index contributed by atoms with van der Waals surface area (Å²) in [5.74, 6) is -0.798. The molecule has 0 bridgehead atoms. The summed E-state index contributed by atoms with van der Waals surface area (Å²) in [5.41, 5.74) is -1.18. The zero-order valence-electron chi connectivity index (χ0n) is 12.9.